The number of carbonyl (C=O) groups is 1. The van der Waals surface area contributed by atoms with Crippen LogP contribution in [0.1, 0.15) is 21.7 Å². The molecule has 0 saturated heterocycles. The molecule has 0 saturated carbocycles. The lowest BCUT2D eigenvalue weighted by Crippen LogP contribution is -2.26. The monoisotopic (exact) mass is 405 g/mol. The van der Waals surface area contributed by atoms with Crippen LogP contribution in [0, 0.1) is 0 Å². The molecule has 1 aromatic heterocycles. The lowest BCUT2D eigenvalue weighted by molar-refractivity contribution is -0.274. The van der Waals surface area contributed by atoms with E-state index >= 15 is 0 Å². The van der Waals surface area contributed by atoms with Crippen LogP contribution in [-0.4, -0.2) is 24.2 Å². The maximum atomic E-state index is 12.7. The third kappa shape index (κ3) is 5.78. The SMILES string of the molecule is CN(Cc1ccc(OC(F)(F)F)cc1)C(=O)c1occc1COc1ccccc1. The third-order valence-corrected chi connectivity index (χ3v) is 4.00. The molecule has 1 heterocycles. The molecule has 3 rings (SSSR count). The number of alkyl halides is 3. The number of hydrogen-bond donors (Lipinski definition) is 0. The zero-order valence-corrected chi connectivity index (χ0v) is 15.5. The maximum Gasteiger partial charge on any atom is 0.573 e. The molecule has 0 aliphatic rings. The minimum absolute atomic E-state index is 0.153. The average molecular weight is 405 g/mol. The number of hydrogen-bond acceptors (Lipinski definition) is 4. The smallest absolute Gasteiger partial charge is 0.489 e. The molecule has 29 heavy (non-hydrogen) atoms. The number of amides is 1. The molecule has 0 aliphatic heterocycles. The van der Waals surface area contributed by atoms with Crippen LogP contribution >= 0.6 is 0 Å². The Morgan fingerprint density at radius 3 is 2.34 bits per heavy atom. The first kappa shape index (κ1) is 20.3. The van der Waals surface area contributed by atoms with E-state index in [-0.39, 0.29) is 30.6 Å². The van der Waals surface area contributed by atoms with E-state index in [9.17, 15) is 18.0 Å². The van der Waals surface area contributed by atoms with Crippen molar-refractivity contribution in [3.8, 4) is 11.5 Å². The van der Waals surface area contributed by atoms with Crippen LogP contribution in [0.5, 0.6) is 11.5 Å². The van der Waals surface area contributed by atoms with Crippen LogP contribution in [0.2, 0.25) is 0 Å². The highest BCUT2D eigenvalue weighted by Crippen LogP contribution is 2.23. The van der Waals surface area contributed by atoms with Crippen molar-refractivity contribution < 1.29 is 31.9 Å². The topological polar surface area (TPSA) is 51.9 Å². The van der Waals surface area contributed by atoms with Crippen LogP contribution in [0.4, 0.5) is 13.2 Å². The summed E-state index contributed by atoms with van der Waals surface area (Å²) in [4.78, 5) is 14.1. The van der Waals surface area contributed by atoms with Crippen molar-refractivity contribution in [2.24, 2.45) is 0 Å². The van der Waals surface area contributed by atoms with Crippen LogP contribution in [-0.2, 0) is 13.2 Å². The molecule has 0 radical (unpaired) electrons. The second-order valence-corrected chi connectivity index (χ2v) is 6.23. The second kappa shape index (κ2) is 8.72. The Morgan fingerprint density at radius 1 is 1.00 bits per heavy atom. The molecule has 2 aromatic carbocycles. The Morgan fingerprint density at radius 2 is 1.69 bits per heavy atom. The zero-order valence-electron chi connectivity index (χ0n) is 15.5. The summed E-state index contributed by atoms with van der Waals surface area (Å²) >= 11 is 0. The fourth-order valence-corrected chi connectivity index (χ4v) is 2.63. The molecular formula is C21H18F3NO4. The summed E-state index contributed by atoms with van der Waals surface area (Å²) in [5.74, 6) is 0.140. The third-order valence-electron chi connectivity index (χ3n) is 4.00. The average Bonchev–Trinajstić information content (AvgIpc) is 3.15. The summed E-state index contributed by atoms with van der Waals surface area (Å²) in [7, 11) is 1.58. The Kier molecular flexibility index (Phi) is 6.11. The summed E-state index contributed by atoms with van der Waals surface area (Å²) in [5, 5.41) is 0. The molecule has 1 amide bonds. The number of ether oxygens (including phenoxy) is 2. The summed E-state index contributed by atoms with van der Waals surface area (Å²) in [6.07, 6.45) is -3.33. The van der Waals surface area contributed by atoms with Crippen LogP contribution < -0.4 is 9.47 Å². The highest BCUT2D eigenvalue weighted by molar-refractivity contribution is 5.92. The number of benzene rings is 2. The Bertz CT molecular complexity index is 937. The van der Waals surface area contributed by atoms with Gasteiger partial charge in [-0.05, 0) is 35.9 Å². The molecule has 0 atom stereocenters. The van der Waals surface area contributed by atoms with Crippen molar-refractivity contribution in [3.05, 3.63) is 83.8 Å². The molecule has 0 unspecified atom stereocenters. The first-order valence-corrected chi connectivity index (χ1v) is 8.66. The molecule has 5 nitrogen and oxygen atoms in total. The first-order chi connectivity index (χ1) is 13.8. The van der Waals surface area contributed by atoms with E-state index in [1.807, 2.05) is 18.2 Å². The first-order valence-electron chi connectivity index (χ1n) is 8.66. The van der Waals surface area contributed by atoms with Gasteiger partial charge in [-0.2, -0.15) is 0 Å². The molecule has 0 spiro atoms. The highest BCUT2D eigenvalue weighted by atomic mass is 19.4. The van der Waals surface area contributed by atoms with Crippen molar-refractivity contribution in [3.63, 3.8) is 0 Å². The fourth-order valence-electron chi connectivity index (χ4n) is 2.63. The molecule has 0 N–H and O–H groups in total. The predicted octanol–water partition coefficient (Wildman–Crippen LogP) is 5.03. The highest BCUT2D eigenvalue weighted by Gasteiger charge is 2.31. The van der Waals surface area contributed by atoms with E-state index in [1.54, 1.807) is 25.2 Å². The van der Waals surface area contributed by atoms with Gasteiger partial charge >= 0.3 is 6.36 Å². The zero-order chi connectivity index (χ0) is 20.9. The van der Waals surface area contributed by atoms with E-state index in [1.165, 1.54) is 35.4 Å². The van der Waals surface area contributed by atoms with Gasteiger partial charge in [0.1, 0.15) is 18.1 Å². The quantitative estimate of drug-likeness (QED) is 0.553. The van der Waals surface area contributed by atoms with Gasteiger partial charge in [-0.15, -0.1) is 13.2 Å². The lowest BCUT2D eigenvalue weighted by Gasteiger charge is -2.17. The van der Waals surface area contributed by atoms with Gasteiger partial charge in [0.25, 0.3) is 5.91 Å². The summed E-state index contributed by atoms with van der Waals surface area (Å²) in [6, 6.07) is 16.2. The number of nitrogens with zero attached hydrogens (tertiary/aromatic N) is 1. The van der Waals surface area contributed by atoms with E-state index in [4.69, 9.17) is 9.15 Å². The maximum absolute atomic E-state index is 12.7. The molecule has 0 fully saturated rings. The van der Waals surface area contributed by atoms with Gasteiger partial charge in [0.05, 0.1) is 6.26 Å². The van der Waals surface area contributed by atoms with Crippen molar-refractivity contribution >= 4 is 5.91 Å². The van der Waals surface area contributed by atoms with Gasteiger partial charge in [0.15, 0.2) is 5.76 Å². The number of rotatable bonds is 7. The Hall–Kier alpha value is -3.42. The molecule has 0 bridgehead atoms. The normalized spacial score (nSPS) is 11.2. The van der Waals surface area contributed by atoms with E-state index in [0.29, 0.717) is 16.9 Å². The minimum atomic E-state index is -4.74. The second-order valence-electron chi connectivity index (χ2n) is 6.23. The molecular weight excluding hydrogens is 387 g/mol. The van der Waals surface area contributed by atoms with Gasteiger partial charge in [0.2, 0.25) is 0 Å². The van der Waals surface area contributed by atoms with Gasteiger partial charge in [0, 0.05) is 19.2 Å². The summed E-state index contributed by atoms with van der Waals surface area (Å²) in [6.45, 7) is 0.351. The lowest BCUT2D eigenvalue weighted by atomic mass is 10.2. The summed E-state index contributed by atoms with van der Waals surface area (Å²) < 4.78 is 51.5. The largest absolute Gasteiger partial charge is 0.573 e. The van der Waals surface area contributed by atoms with Crippen molar-refractivity contribution in [1.29, 1.82) is 0 Å². The van der Waals surface area contributed by atoms with Crippen LogP contribution in [0.25, 0.3) is 0 Å². The van der Waals surface area contributed by atoms with Crippen molar-refractivity contribution in [2.75, 3.05) is 7.05 Å². The van der Waals surface area contributed by atoms with E-state index < -0.39 is 6.36 Å². The van der Waals surface area contributed by atoms with Gasteiger partial charge in [-0.1, -0.05) is 30.3 Å². The number of carbonyl (C=O) groups excluding carboxylic acids is 1. The van der Waals surface area contributed by atoms with Crippen molar-refractivity contribution in [1.82, 2.24) is 4.90 Å². The Labute approximate surface area is 165 Å². The molecule has 3 aromatic rings. The minimum Gasteiger partial charge on any atom is -0.489 e. The van der Waals surface area contributed by atoms with E-state index in [2.05, 4.69) is 4.74 Å². The standard InChI is InChI=1S/C21H18F3NO4/c1-25(13-15-7-9-18(10-8-15)29-21(22,23)24)20(26)19-16(11-12-27-19)14-28-17-5-3-2-4-6-17/h2-12H,13-14H2,1H3. The molecule has 152 valence electrons. The van der Waals surface area contributed by atoms with Crippen LogP contribution in [0.15, 0.2) is 71.3 Å². The summed E-state index contributed by atoms with van der Waals surface area (Å²) in [5.41, 5.74) is 1.24. The fraction of sp³-hybridized carbons (Fsp3) is 0.190. The molecule has 0 aliphatic carbocycles. The van der Waals surface area contributed by atoms with Crippen molar-refractivity contribution in [2.45, 2.75) is 19.5 Å². The molecule has 8 heteroatoms. The number of furan rings is 1. The predicted molar refractivity (Wildman–Crippen MR) is 98.4 cm³/mol. The van der Waals surface area contributed by atoms with Gasteiger partial charge in [-0.25, -0.2) is 0 Å². The Balaban J connectivity index is 1.61. The van der Waals surface area contributed by atoms with E-state index in [0.717, 1.165) is 0 Å². The van der Waals surface area contributed by atoms with Crippen LogP contribution in [0.3, 0.4) is 0 Å². The van der Waals surface area contributed by atoms with Gasteiger partial charge < -0.3 is 18.8 Å². The number of halogens is 3. The number of para-hydroxylation sites is 1. The van der Waals surface area contributed by atoms with Gasteiger partial charge in [-0.3, -0.25) is 4.79 Å².